The zero-order chi connectivity index (χ0) is 53.2. The molecule has 1 aromatic carbocycles. The van der Waals surface area contributed by atoms with Gasteiger partial charge in [-0.1, -0.05) is 67.8 Å². The molecule has 0 spiro atoms. The van der Waals surface area contributed by atoms with Crippen LogP contribution < -0.4 is 59.2 Å². The van der Waals surface area contributed by atoms with E-state index in [1.807, 2.05) is 13.8 Å². The van der Waals surface area contributed by atoms with Gasteiger partial charge in [0.2, 0.25) is 65.0 Å². The van der Waals surface area contributed by atoms with E-state index < -0.39 is 137 Å². The molecule has 0 radical (unpaired) electrons. The van der Waals surface area contributed by atoms with Crippen LogP contribution in [-0.4, -0.2) is 143 Å². The number of nitrogens with two attached hydrogens (primary N) is 3. The maximum absolute atomic E-state index is 14.6. The summed E-state index contributed by atoms with van der Waals surface area (Å²) in [4.78, 5) is 149. The number of primary amides is 3. The van der Waals surface area contributed by atoms with E-state index in [0.29, 0.717) is 24.2 Å². The number of ether oxygens (including phenoxy) is 1. The van der Waals surface area contributed by atoms with Gasteiger partial charge in [-0.15, -0.1) is 0 Å². The van der Waals surface area contributed by atoms with Crippen LogP contribution in [0, 0.1) is 11.8 Å². The molecule has 0 saturated carbocycles. The third-order valence-electron chi connectivity index (χ3n) is 11.7. The number of rotatable bonds is 18. The molecular weight excluding hydrogens is 963 g/mol. The van der Waals surface area contributed by atoms with Crippen LogP contribution in [0.4, 0.5) is 0 Å². The van der Waals surface area contributed by atoms with Gasteiger partial charge in [-0.2, -0.15) is 0 Å². The molecule has 2 heterocycles. The third-order valence-corrected chi connectivity index (χ3v) is 15.0. The molecule has 11 amide bonds. The van der Waals surface area contributed by atoms with Gasteiger partial charge in [-0.05, 0) is 69.1 Å². The third kappa shape index (κ3) is 19.5. The molecule has 2 saturated heterocycles. The molecule has 394 valence electrons. The van der Waals surface area contributed by atoms with Crippen molar-refractivity contribution < 1.29 is 57.5 Å². The Bertz CT molecular complexity index is 2110. The Hall–Kier alpha value is -6.11. The Morgan fingerprint density at radius 1 is 0.831 bits per heavy atom. The number of amides is 11. The first-order chi connectivity index (χ1) is 33.3. The van der Waals surface area contributed by atoms with Crippen molar-refractivity contribution in [1.29, 1.82) is 0 Å². The Kier molecular flexibility index (Phi) is 23.4. The lowest BCUT2D eigenvalue weighted by Gasteiger charge is -2.32. The summed E-state index contributed by atoms with van der Waals surface area (Å²) < 4.78 is 4.39. The van der Waals surface area contributed by atoms with Gasteiger partial charge >= 0.3 is 0 Å². The highest BCUT2D eigenvalue weighted by molar-refractivity contribution is 8.77. The quantitative estimate of drug-likeness (QED) is 0.0752. The topological polar surface area (TPSA) is 363 Å². The van der Waals surface area contributed by atoms with Crippen molar-refractivity contribution in [2.75, 3.05) is 26.0 Å². The van der Waals surface area contributed by atoms with Gasteiger partial charge in [-0.25, -0.2) is 0 Å². The highest BCUT2D eigenvalue weighted by Gasteiger charge is 2.41. The molecule has 8 atom stereocenters. The monoisotopic (exact) mass is 1030 g/mol. The lowest BCUT2D eigenvalue weighted by Crippen LogP contribution is -2.61. The summed E-state index contributed by atoms with van der Waals surface area (Å²) in [5, 5.41) is 18.3. The van der Waals surface area contributed by atoms with Crippen LogP contribution in [-0.2, 0) is 59.2 Å². The Balaban J connectivity index is 2.09. The van der Waals surface area contributed by atoms with Crippen molar-refractivity contribution in [3.63, 3.8) is 0 Å². The zero-order valence-electron chi connectivity index (χ0n) is 41.4. The first-order valence-corrected chi connectivity index (χ1v) is 25.8. The van der Waals surface area contributed by atoms with Gasteiger partial charge in [0, 0.05) is 36.3 Å². The fraction of sp³-hybridized carbons (Fsp3) is 0.630. The first-order valence-electron chi connectivity index (χ1n) is 23.5. The summed E-state index contributed by atoms with van der Waals surface area (Å²) in [5.74, 6) is -9.07. The molecule has 2 fully saturated rings. The summed E-state index contributed by atoms with van der Waals surface area (Å²) >= 11 is 0. The summed E-state index contributed by atoms with van der Waals surface area (Å²) in [6, 6.07) is -2.56. The number of benzene rings is 1. The lowest BCUT2D eigenvalue weighted by molar-refractivity contribution is -0.142. The number of nitrogens with one attached hydrogen (secondary N) is 7. The normalized spacial score (nSPS) is 23.6. The van der Waals surface area contributed by atoms with Crippen molar-refractivity contribution in [3.8, 4) is 5.75 Å². The number of methoxy groups -OCH3 is 1. The number of nitrogens with zero attached hydrogens (tertiary/aromatic N) is 1. The number of carbonyl (C=O) groups is 11. The van der Waals surface area contributed by atoms with Crippen LogP contribution >= 0.6 is 21.6 Å². The van der Waals surface area contributed by atoms with Gasteiger partial charge in [0.15, 0.2) is 0 Å². The van der Waals surface area contributed by atoms with Crippen LogP contribution in [0.3, 0.4) is 0 Å². The fourth-order valence-corrected chi connectivity index (χ4v) is 10.5. The second-order valence-electron chi connectivity index (χ2n) is 18.8. The second kappa shape index (κ2) is 28.1. The second-order valence-corrected chi connectivity index (χ2v) is 21.8. The molecule has 6 unspecified atom stereocenters. The molecular formula is C46H71N11O12S2. The van der Waals surface area contributed by atoms with E-state index in [9.17, 15) is 52.7 Å². The molecule has 0 bridgehead atoms. The standard InChI is InChI=1S/C46H71N11O12S2/c1-8-25(4)38-44(67)52-28(15-16-34(47)58)40(63)53-31(20-35(48)59)41(64)55-32(45(68)57-17-9-10-33(57)43(66)54-29(18-24(2)3)39(62)50-22-36(49)60)23-70-71-46(5,6)21-37(61)51-30(42(65)56-38)19-26-11-13-27(69-7)14-12-26/h11-14,24-25,28-33,38H,8-10,15-23H2,1-7H3,(H2,47,58)(H2,48,59)(H2,49,60)(H,50,62)(H,51,61)(H,52,67)(H,53,63)(H,54,66)(H,55,64)(H,56,65)/t25?,28?,29-,30?,31?,32?,33-,38?/m0/s1. The largest absolute Gasteiger partial charge is 0.497 e. The van der Waals surface area contributed by atoms with E-state index in [4.69, 9.17) is 21.9 Å². The minimum absolute atomic E-state index is 0.00348. The van der Waals surface area contributed by atoms with Crippen molar-refractivity contribution >= 4 is 86.6 Å². The Morgan fingerprint density at radius 2 is 1.46 bits per heavy atom. The average molecular weight is 1030 g/mol. The van der Waals surface area contributed by atoms with Crippen LogP contribution in [0.15, 0.2) is 24.3 Å². The number of likely N-dealkylation sites (tertiary alicyclic amines) is 1. The summed E-state index contributed by atoms with van der Waals surface area (Å²) in [6.45, 7) is 10.2. The molecule has 1 aromatic rings. The molecule has 2 aliphatic heterocycles. The summed E-state index contributed by atoms with van der Waals surface area (Å²) in [7, 11) is 3.80. The molecule has 25 heteroatoms. The van der Waals surface area contributed by atoms with E-state index in [1.165, 1.54) is 22.8 Å². The number of hydrogen-bond acceptors (Lipinski definition) is 14. The highest BCUT2D eigenvalue weighted by Crippen LogP contribution is 2.39. The molecule has 3 rings (SSSR count). The van der Waals surface area contributed by atoms with Crippen molar-refractivity contribution in [2.45, 2.75) is 146 Å². The molecule has 71 heavy (non-hydrogen) atoms. The lowest BCUT2D eigenvalue weighted by atomic mass is 9.96. The fourth-order valence-electron chi connectivity index (χ4n) is 7.80. The van der Waals surface area contributed by atoms with E-state index in [-0.39, 0.29) is 50.3 Å². The predicted molar refractivity (Wildman–Crippen MR) is 265 cm³/mol. The van der Waals surface area contributed by atoms with Gasteiger partial charge in [-0.3, -0.25) is 52.7 Å². The van der Waals surface area contributed by atoms with Gasteiger partial charge in [0.25, 0.3) is 0 Å². The number of carbonyl (C=O) groups excluding carboxylic acids is 11. The Labute approximate surface area is 421 Å². The minimum Gasteiger partial charge on any atom is -0.497 e. The average Bonchev–Trinajstić information content (AvgIpc) is 3.79. The van der Waals surface area contributed by atoms with E-state index in [1.54, 1.807) is 52.0 Å². The van der Waals surface area contributed by atoms with Gasteiger partial charge in [0.1, 0.15) is 48.0 Å². The van der Waals surface area contributed by atoms with Crippen molar-refractivity contribution in [1.82, 2.24) is 42.1 Å². The molecule has 13 N–H and O–H groups in total. The Morgan fingerprint density at radius 3 is 2.06 bits per heavy atom. The molecule has 23 nitrogen and oxygen atoms in total. The minimum atomic E-state index is -1.73. The zero-order valence-corrected chi connectivity index (χ0v) is 43.0. The smallest absolute Gasteiger partial charge is 0.246 e. The maximum atomic E-state index is 14.6. The van der Waals surface area contributed by atoms with Crippen LogP contribution in [0.2, 0.25) is 0 Å². The van der Waals surface area contributed by atoms with Crippen molar-refractivity contribution in [2.24, 2.45) is 29.0 Å². The highest BCUT2D eigenvalue weighted by atomic mass is 33.1. The van der Waals surface area contributed by atoms with Gasteiger partial charge < -0.3 is 64.1 Å². The van der Waals surface area contributed by atoms with Crippen LogP contribution in [0.1, 0.15) is 98.5 Å². The predicted octanol–water partition coefficient (Wildman–Crippen LogP) is -1.46. The SMILES string of the molecule is CCC(C)C1NC(=O)C(Cc2ccc(OC)cc2)NC(=O)CC(C)(C)SSCC(C(=O)N2CCC[C@H]2C(=O)N[C@@H](CC(C)C)C(=O)NCC(N)=O)NC(=O)C(CC(N)=O)NC(=O)C(CCC(N)=O)NC1=O. The van der Waals surface area contributed by atoms with Crippen LogP contribution in [0.5, 0.6) is 5.75 Å². The van der Waals surface area contributed by atoms with Crippen molar-refractivity contribution in [3.05, 3.63) is 29.8 Å². The molecule has 2 aliphatic rings. The van der Waals surface area contributed by atoms with Gasteiger partial charge in [0.05, 0.1) is 20.1 Å². The van der Waals surface area contributed by atoms with E-state index in [2.05, 4.69) is 37.2 Å². The maximum Gasteiger partial charge on any atom is 0.246 e. The summed E-state index contributed by atoms with van der Waals surface area (Å²) in [6.07, 6.45) is -0.594. The molecule has 0 aliphatic carbocycles. The summed E-state index contributed by atoms with van der Waals surface area (Å²) in [5.41, 5.74) is 16.8. The van der Waals surface area contributed by atoms with E-state index in [0.717, 1.165) is 10.8 Å². The van der Waals surface area contributed by atoms with E-state index >= 15 is 0 Å². The number of hydrogen-bond donors (Lipinski definition) is 10. The first kappa shape index (κ1) is 59.2. The molecule has 0 aromatic heterocycles. The van der Waals surface area contributed by atoms with Crippen LogP contribution in [0.25, 0.3) is 0 Å².